The maximum atomic E-state index is 13.3. The van der Waals surface area contributed by atoms with E-state index in [9.17, 15) is 9.59 Å². The molecule has 38 heavy (non-hydrogen) atoms. The van der Waals surface area contributed by atoms with Crippen molar-refractivity contribution < 1.29 is 9.59 Å². The number of carbonyl (C=O) groups excluding carboxylic acids is 2. The predicted molar refractivity (Wildman–Crippen MR) is 149 cm³/mol. The van der Waals surface area contributed by atoms with E-state index in [-0.39, 0.29) is 23.7 Å². The molecule has 1 aliphatic carbocycles. The van der Waals surface area contributed by atoms with Gasteiger partial charge in [0.1, 0.15) is 5.82 Å². The lowest BCUT2D eigenvalue weighted by molar-refractivity contribution is -0.127. The molecule has 6 nitrogen and oxygen atoms in total. The average Bonchev–Trinajstić information content (AvgIpc) is 3.48. The van der Waals surface area contributed by atoms with Crippen molar-refractivity contribution in [2.45, 2.75) is 38.1 Å². The molecule has 0 bridgehead atoms. The Morgan fingerprint density at radius 3 is 2.16 bits per heavy atom. The minimum atomic E-state index is -0.317. The second-order valence-electron chi connectivity index (χ2n) is 10.1. The van der Waals surface area contributed by atoms with Gasteiger partial charge in [-0.25, -0.2) is 4.98 Å². The lowest BCUT2D eigenvalue weighted by Crippen LogP contribution is -2.37. The summed E-state index contributed by atoms with van der Waals surface area (Å²) in [5.41, 5.74) is 10.0. The molecule has 1 atom stereocenters. The number of ketones is 1. The highest BCUT2D eigenvalue weighted by molar-refractivity contribution is 6.08. The molecule has 3 aromatic carbocycles. The van der Waals surface area contributed by atoms with E-state index in [2.05, 4.69) is 10.3 Å². The molecule has 1 amide bonds. The minimum Gasteiger partial charge on any atom is -0.346 e. The monoisotopic (exact) mass is 506 g/mol. The van der Waals surface area contributed by atoms with Gasteiger partial charge in [0.15, 0.2) is 5.78 Å². The normalized spacial score (nSPS) is 18.0. The van der Waals surface area contributed by atoms with Gasteiger partial charge < -0.3 is 16.0 Å². The maximum Gasteiger partial charge on any atom is 0.223 e. The zero-order valence-electron chi connectivity index (χ0n) is 21.5. The van der Waals surface area contributed by atoms with E-state index in [0.717, 1.165) is 48.3 Å². The first-order valence-electron chi connectivity index (χ1n) is 13.4. The number of aromatic nitrogens is 2. The Balaban J connectivity index is 1.34. The molecule has 4 N–H and O–H groups in total. The molecule has 4 aromatic rings. The van der Waals surface area contributed by atoms with Crippen molar-refractivity contribution in [3.63, 3.8) is 0 Å². The smallest absolute Gasteiger partial charge is 0.223 e. The van der Waals surface area contributed by atoms with Crippen LogP contribution in [0.2, 0.25) is 0 Å². The van der Waals surface area contributed by atoms with Gasteiger partial charge >= 0.3 is 0 Å². The number of hydrogen-bond acceptors (Lipinski definition) is 4. The molecule has 1 aliphatic rings. The van der Waals surface area contributed by atoms with Crippen LogP contribution >= 0.6 is 0 Å². The van der Waals surface area contributed by atoms with Gasteiger partial charge in [0, 0.05) is 28.8 Å². The number of amides is 1. The average molecular weight is 507 g/mol. The van der Waals surface area contributed by atoms with Crippen molar-refractivity contribution in [3.05, 3.63) is 114 Å². The highest BCUT2D eigenvalue weighted by Crippen LogP contribution is 2.29. The number of aromatic amines is 1. The van der Waals surface area contributed by atoms with Crippen molar-refractivity contribution >= 4 is 11.7 Å². The maximum absolute atomic E-state index is 13.3. The third-order valence-electron chi connectivity index (χ3n) is 7.56. The summed E-state index contributed by atoms with van der Waals surface area (Å²) in [4.78, 5) is 34.3. The lowest BCUT2D eigenvalue weighted by Gasteiger charge is -2.28. The second-order valence-corrected chi connectivity index (χ2v) is 10.1. The molecule has 5 rings (SSSR count). The first kappa shape index (κ1) is 25.6. The van der Waals surface area contributed by atoms with Crippen molar-refractivity contribution in [1.82, 2.24) is 15.3 Å². The van der Waals surface area contributed by atoms with Crippen molar-refractivity contribution in [3.8, 4) is 11.3 Å². The van der Waals surface area contributed by atoms with Crippen LogP contribution < -0.4 is 11.1 Å². The van der Waals surface area contributed by atoms with Crippen LogP contribution in [0.1, 0.15) is 59.0 Å². The summed E-state index contributed by atoms with van der Waals surface area (Å²) in [5, 5.41) is 3.28. The molecule has 1 fully saturated rings. The number of imidazole rings is 1. The summed E-state index contributed by atoms with van der Waals surface area (Å²) in [6.07, 6.45) is 6.17. The Hall–Kier alpha value is -4.03. The van der Waals surface area contributed by atoms with Gasteiger partial charge in [0.05, 0.1) is 11.7 Å². The molecule has 1 aromatic heterocycles. The third-order valence-corrected chi connectivity index (χ3v) is 7.56. The molecule has 1 saturated carbocycles. The van der Waals surface area contributed by atoms with Crippen LogP contribution in [-0.4, -0.2) is 28.2 Å². The van der Waals surface area contributed by atoms with Crippen molar-refractivity contribution in [2.75, 3.05) is 6.54 Å². The molecular weight excluding hydrogens is 472 g/mol. The molecule has 0 aliphatic heterocycles. The van der Waals surface area contributed by atoms with Gasteiger partial charge in [-0.1, -0.05) is 84.9 Å². The Labute approximate surface area is 223 Å². The number of benzene rings is 3. The zero-order valence-corrected chi connectivity index (χ0v) is 21.5. The van der Waals surface area contributed by atoms with Crippen LogP contribution in [0.5, 0.6) is 0 Å². The standard InChI is InChI=1S/C32H34N4O2/c33-20-23-13-17-27(18-14-23)32(38)36-28(31-34-21-29(35-31)24-7-3-1-4-8-24)19-22-11-15-26(16-12-22)30(37)25-9-5-2-6-10-25/h1-12,15-16,21,23,27-28H,13-14,17-20,33H2,(H,34,35)(H,36,38)/t23-,27-,28-/m0/s1. The number of rotatable bonds is 9. The number of nitrogens with zero attached hydrogens (tertiary/aromatic N) is 1. The van der Waals surface area contributed by atoms with Gasteiger partial charge in [-0.15, -0.1) is 0 Å². The molecular formula is C32H34N4O2. The number of hydrogen-bond donors (Lipinski definition) is 3. The summed E-state index contributed by atoms with van der Waals surface area (Å²) in [5.74, 6) is 1.30. The predicted octanol–water partition coefficient (Wildman–Crippen LogP) is 5.47. The summed E-state index contributed by atoms with van der Waals surface area (Å²) < 4.78 is 0. The van der Waals surface area contributed by atoms with Crippen LogP contribution in [0.3, 0.4) is 0 Å². The second kappa shape index (κ2) is 12.0. The van der Waals surface area contributed by atoms with Crippen molar-refractivity contribution in [1.29, 1.82) is 0 Å². The number of H-pyrrole nitrogens is 1. The van der Waals surface area contributed by atoms with Crippen LogP contribution in [0.25, 0.3) is 11.3 Å². The first-order valence-corrected chi connectivity index (χ1v) is 13.4. The highest BCUT2D eigenvalue weighted by Gasteiger charge is 2.28. The van der Waals surface area contributed by atoms with Gasteiger partial charge in [-0.05, 0) is 50.1 Å². The zero-order chi connectivity index (χ0) is 26.3. The van der Waals surface area contributed by atoms with Gasteiger partial charge in [0.2, 0.25) is 5.91 Å². The largest absolute Gasteiger partial charge is 0.346 e. The van der Waals surface area contributed by atoms with Gasteiger partial charge in [0.25, 0.3) is 0 Å². The Kier molecular flexibility index (Phi) is 8.09. The quantitative estimate of drug-likeness (QED) is 0.262. The summed E-state index contributed by atoms with van der Waals surface area (Å²) in [6, 6.07) is 26.6. The van der Waals surface area contributed by atoms with E-state index < -0.39 is 0 Å². The fourth-order valence-electron chi connectivity index (χ4n) is 5.22. The fourth-order valence-corrected chi connectivity index (χ4v) is 5.22. The number of carbonyl (C=O) groups is 2. The molecule has 0 spiro atoms. The van der Waals surface area contributed by atoms with Crippen molar-refractivity contribution in [2.24, 2.45) is 17.6 Å². The Morgan fingerprint density at radius 2 is 1.50 bits per heavy atom. The molecule has 0 radical (unpaired) electrons. The Bertz CT molecular complexity index is 1340. The van der Waals surface area contributed by atoms with E-state index in [1.165, 1.54) is 0 Å². The minimum absolute atomic E-state index is 0.00488. The molecule has 0 unspecified atom stereocenters. The van der Waals surface area contributed by atoms with Crippen LogP contribution in [0.15, 0.2) is 91.1 Å². The van der Waals surface area contributed by atoms with E-state index in [4.69, 9.17) is 10.7 Å². The van der Waals surface area contributed by atoms with E-state index >= 15 is 0 Å². The molecule has 1 heterocycles. The van der Waals surface area contributed by atoms with Crippen LogP contribution in [0.4, 0.5) is 0 Å². The molecule has 0 saturated heterocycles. The number of nitrogens with one attached hydrogen (secondary N) is 2. The summed E-state index contributed by atoms with van der Waals surface area (Å²) in [6.45, 7) is 0.689. The highest BCUT2D eigenvalue weighted by atomic mass is 16.2. The molecule has 194 valence electrons. The SMILES string of the molecule is NC[C@H]1CC[C@H](C(=O)N[C@@H](Cc2ccc(C(=O)c3ccccc3)cc2)c2nc(-c3ccccc3)c[nH]2)CC1. The number of nitrogens with two attached hydrogens (primary N) is 1. The van der Waals surface area contributed by atoms with Gasteiger partial charge in [-0.2, -0.15) is 0 Å². The van der Waals surface area contributed by atoms with Gasteiger partial charge in [-0.3, -0.25) is 9.59 Å². The Morgan fingerprint density at radius 1 is 0.868 bits per heavy atom. The van der Waals surface area contributed by atoms with E-state index in [0.29, 0.717) is 30.0 Å². The lowest BCUT2D eigenvalue weighted by atomic mass is 9.81. The fraction of sp³-hybridized carbons (Fsp3) is 0.281. The topological polar surface area (TPSA) is 101 Å². The summed E-state index contributed by atoms with van der Waals surface area (Å²) >= 11 is 0. The van der Waals surface area contributed by atoms with E-state index in [1.807, 2.05) is 91.1 Å². The summed E-state index contributed by atoms with van der Waals surface area (Å²) in [7, 11) is 0. The van der Waals surface area contributed by atoms with Crippen LogP contribution in [-0.2, 0) is 11.2 Å². The first-order chi connectivity index (χ1) is 18.6. The van der Waals surface area contributed by atoms with Crippen LogP contribution in [0, 0.1) is 11.8 Å². The molecule has 6 heteroatoms. The van der Waals surface area contributed by atoms with E-state index in [1.54, 1.807) is 0 Å². The third kappa shape index (κ3) is 6.09.